The van der Waals surface area contributed by atoms with Crippen LogP contribution in [0.1, 0.15) is 71.2 Å². The van der Waals surface area contributed by atoms with E-state index in [1.807, 2.05) is 13.8 Å². The maximum Gasteiger partial charge on any atom is 0.430 e. The molecule has 280 valence electrons. The number of unbranched alkanes of at least 4 members (excludes halogenated alkanes) is 1. The molecule has 0 saturated carbocycles. The van der Waals surface area contributed by atoms with E-state index >= 15 is 0 Å². The van der Waals surface area contributed by atoms with Crippen LogP contribution in [0.25, 0.3) is 6.08 Å². The minimum Gasteiger partial charge on any atom is -0.489 e. The van der Waals surface area contributed by atoms with Gasteiger partial charge in [0.1, 0.15) is 12.3 Å². The van der Waals surface area contributed by atoms with Crippen LogP contribution in [0.2, 0.25) is 0 Å². The summed E-state index contributed by atoms with van der Waals surface area (Å²) in [6.07, 6.45) is -7.01. The number of ether oxygens (including phenoxy) is 2. The average Bonchev–Trinajstić information content (AvgIpc) is 3.25. The molecule has 2 aliphatic heterocycles. The number of anilines is 1. The molecule has 10 nitrogen and oxygen atoms in total. The number of pyridine rings is 1. The molecule has 2 aliphatic rings. The summed E-state index contributed by atoms with van der Waals surface area (Å²) in [4.78, 5) is 48.1. The van der Waals surface area contributed by atoms with Crippen LogP contribution in [0.15, 0.2) is 42.6 Å². The van der Waals surface area contributed by atoms with E-state index in [1.165, 1.54) is 36.2 Å². The zero-order valence-corrected chi connectivity index (χ0v) is 29.3. The number of urea groups is 1. The molecule has 16 heteroatoms. The van der Waals surface area contributed by atoms with E-state index in [1.54, 1.807) is 37.8 Å². The molecule has 4 amide bonds. The van der Waals surface area contributed by atoms with Crippen molar-refractivity contribution >= 4 is 29.6 Å². The molecule has 3 heterocycles. The standard InChI is InChI=1S/C35H43F6N5O5/c1-7-9-17-50-33(34(36,37)38,35(39,40)41)25-11-13-27(24(18-25)10-8-2)45-16-15-44(20-23(45)5)29(47)21-46-30(48)32(6,43-31(46)49)28-14-12-26(19-42-28)51-22(3)4/h8,10-14,18-19,22-23H,7,9,15-17,20-21H2,1-6H3,(H,43,49)/t23-,32?/m0/s1. The summed E-state index contributed by atoms with van der Waals surface area (Å²) in [6, 6.07) is 4.81. The van der Waals surface area contributed by atoms with E-state index in [9.17, 15) is 40.7 Å². The number of benzene rings is 1. The maximum atomic E-state index is 14.3. The summed E-state index contributed by atoms with van der Waals surface area (Å²) in [5.74, 6) is -0.701. The molecule has 0 radical (unpaired) electrons. The van der Waals surface area contributed by atoms with Crippen LogP contribution in [0.4, 0.5) is 36.8 Å². The summed E-state index contributed by atoms with van der Waals surface area (Å²) < 4.78 is 96.3. The summed E-state index contributed by atoms with van der Waals surface area (Å²) in [6.45, 7) is 9.23. The normalized spacial score (nSPS) is 20.5. The van der Waals surface area contributed by atoms with Gasteiger partial charge < -0.3 is 24.6 Å². The van der Waals surface area contributed by atoms with Gasteiger partial charge >= 0.3 is 18.4 Å². The van der Waals surface area contributed by atoms with Crippen LogP contribution in [-0.2, 0) is 25.5 Å². The highest BCUT2D eigenvalue weighted by Gasteiger charge is 2.73. The van der Waals surface area contributed by atoms with Crippen molar-refractivity contribution in [2.24, 2.45) is 0 Å². The fraction of sp³-hybridized carbons (Fsp3) is 0.543. The molecule has 1 aromatic heterocycles. The highest BCUT2D eigenvalue weighted by atomic mass is 19.4. The van der Waals surface area contributed by atoms with Crippen molar-refractivity contribution in [3.63, 3.8) is 0 Å². The first-order valence-electron chi connectivity index (χ1n) is 16.7. The predicted octanol–water partition coefficient (Wildman–Crippen LogP) is 6.54. The zero-order chi connectivity index (χ0) is 37.9. The van der Waals surface area contributed by atoms with Gasteiger partial charge in [-0.25, -0.2) is 4.79 Å². The Bertz CT molecular complexity index is 1600. The topological polar surface area (TPSA) is 104 Å². The minimum absolute atomic E-state index is 0.00351. The third-order valence-electron chi connectivity index (χ3n) is 8.87. The number of carbonyl (C=O) groups excluding carboxylic acids is 3. The largest absolute Gasteiger partial charge is 0.489 e. The van der Waals surface area contributed by atoms with Crippen LogP contribution in [-0.4, -0.2) is 89.9 Å². The number of nitrogens with zero attached hydrogens (tertiary/aromatic N) is 4. The van der Waals surface area contributed by atoms with Crippen LogP contribution in [0, 0.1) is 0 Å². The molecule has 0 bridgehead atoms. The van der Waals surface area contributed by atoms with Gasteiger partial charge in [0.15, 0.2) is 5.54 Å². The Morgan fingerprint density at radius 3 is 2.33 bits per heavy atom. The highest BCUT2D eigenvalue weighted by molar-refractivity contribution is 6.09. The molecule has 51 heavy (non-hydrogen) atoms. The van der Waals surface area contributed by atoms with Crippen molar-refractivity contribution in [2.75, 3.05) is 37.7 Å². The second-order valence-corrected chi connectivity index (χ2v) is 13.0. The number of halogens is 6. The fourth-order valence-corrected chi connectivity index (χ4v) is 6.26. The van der Waals surface area contributed by atoms with E-state index in [0.29, 0.717) is 17.9 Å². The first-order chi connectivity index (χ1) is 23.8. The van der Waals surface area contributed by atoms with Gasteiger partial charge in [0, 0.05) is 43.5 Å². The molecule has 4 rings (SSSR count). The summed E-state index contributed by atoms with van der Waals surface area (Å²) >= 11 is 0. The Labute approximate surface area is 292 Å². The fourth-order valence-electron chi connectivity index (χ4n) is 6.26. The Morgan fingerprint density at radius 2 is 1.78 bits per heavy atom. The summed E-state index contributed by atoms with van der Waals surface area (Å²) in [5.41, 5.74) is -6.41. The average molecular weight is 728 g/mol. The zero-order valence-electron chi connectivity index (χ0n) is 29.3. The minimum atomic E-state index is -5.80. The molecular weight excluding hydrogens is 684 g/mol. The lowest BCUT2D eigenvalue weighted by Gasteiger charge is -2.42. The maximum absolute atomic E-state index is 14.3. The van der Waals surface area contributed by atoms with E-state index < -0.39 is 66.1 Å². The van der Waals surface area contributed by atoms with Gasteiger partial charge in [-0.1, -0.05) is 31.6 Å². The van der Waals surface area contributed by atoms with Crippen molar-refractivity contribution in [1.29, 1.82) is 0 Å². The van der Waals surface area contributed by atoms with Crippen LogP contribution in [0.3, 0.4) is 0 Å². The van der Waals surface area contributed by atoms with Crippen LogP contribution >= 0.6 is 0 Å². The summed E-state index contributed by atoms with van der Waals surface area (Å²) in [5, 5.41) is 2.62. The van der Waals surface area contributed by atoms with Crippen molar-refractivity contribution in [3.05, 3.63) is 59.4 Å². The number of carbonyl (C=O) groups is 3. The van der Waals surface area contributed by atoms with Crippen molar-refractivity contribution in [1.82, 2.24) is 20.1 Å². The van der Waals surface area contributed by atoms with Crippen LogP contribution < -0.4 is 15.0 Å². The van der Waals surface area contributed by atoms with E-state index in [2.05, 4.69) is 10.3 Å². The number of piperazine rings is 1. The molecule has 1 unspecified atom stereocenters. The van der Waals surface area contributed by atoms with Crippen molar-refractivity contribution in [3.8, 4) is 5.75 Å². The highest BCUT2D eigenvalue weighted by Crippen LogP contribution is 2.53. The SMILES string of the molecule is CC=Cc1cc(C(OCCCC)(C(F)(F)F)C(F)(F)F)ccc1N1CCN(C(=O)CN2C(=O)NC(C)(c3ccc(OC(C)C)cn3)C2=O)C[C@@H]1C. The second kappa shape index (κ2) is 15.1. The first kappa shape index (κ1) is 39.4. The van der Waals surface area contributed by atoms with Crippen molar-refractivity contribution in [2.45, 2.75) is 90.0 Å². The number of alkyl halides is 6. The number of hydrogen-bond acceptors (Lipinski definition) is 7. The van der Waals surface area contributed by atoms with E-state index in [-0.39, 0.29) is 43.4 Å². The number of aromatic nitrogens is 1. The van der Waals surface area contributed by atoms with Crippen molar-refractivity contribution < 1.29 is 50.2 Å². The molecule has 2 fully saturated rings. The second-order valence-electron chi connectivity index (χ2n) is 13.0. The van der Waals surface area contributed by atoms with Gasteiger partial charge in [-0.2, -0.15) is 26.3 Å². The summed E-state index contributed by atoms with van der Waals surface area (Å²) in [7, 11) is 0. The number of amides is 4. The molecular formula is C35H43F6N5O5. The number of imide groups is 1. The third-order valence-corrected chi connectivity index (χ3v) is 8.87. The molecule has 2 aromatic rings. The van der Waals surface area contributed by atoms with Crippen LogP contribution in [0.5, 0.6) is 5.75 Å². The third kappa shape index (κ3) is 7.80. The van der Waals surface area contributed by atoms with Gasteiger partial charge in [-0.15, -0.1) is 0 Å². The lowest BCUT2D eigenvalue weighted by Crippen LogP contribution is -2.56. The van der Waals surface area contributed by atoms with Gasteiger partial charge in [0.2, 0.25) is 5.91 Å². The lowest BCUT2D eigenvalue weighted by molar-refractivity contribution is -0.389. The first-order valence-corrected chi connectivity index (χ1v) is 16.7. The number of hydrogen-bond donors (Lipinski definition) is 1. The molecule has 0 aliphatic carbocycles. The Hall–Kier alpha value is -4.34. The quantitative estimate of drug-likeness (QED) is 0.151. The lowest BCUT2D eigenvalue weighted by atomic mass is 9.89. The molecule has 2 atom stereocenters. The van der Waals surface area contributed by atoms with Gasteiger partial charge in [0.05, 0.1) is 18.0 Å². The monoisotopic (exact) mass is 727 g/mol. The molecule has 1 aromatic carbocycles. The molecule has 0 spiro atoms. The number of nitrogens with one attached hydrogen (secondary N) is 1. The predicted molar refractivity (Wildman–Crippen MR) is 177 cm³/mol. The van der Waals surface area contributed by atoms with Gasteiger partial charge in [-0.3, -0.25) is 19.5 Å². The van der Waals surface area contributed by atoms with E-state index in [0.717, 1.165) is 17.0 Å². The number of rotatable bonds is 12. The molecule has 2 saturated heterocycles. The molecule has 1 N–H and O–H groups in total. The number of allylic oxidation sites excluding steroid dienone is 1. The van der Waals surface area contributed by atoms with E-state index in [4.69, 9.17) is 9.47 Å². The van der Waals surface area contributed by atoms with Gasteiger partial charge in [-0.05, 0) is 70.9 Å². The smallest absolute Gasteiger partial charge is 0.430 e. The Kier molecular flexibility index (Phi) is 11.7. The Balaban J connectivity index is 1.52. The Morgan fingerprint density at radius 1 is 1.10 bits per heavy atom. The van der Waals surface area contributed by atoms with Gasteiger partial charge in [0.25, 0.3) is 11.5 Å².